The van der Waals surface area contributed by atoms with E-state index in [0.717, 1.165) is 16.3 Å². The lowest BCUT2D eigenvalue weighted by molar-refractivity contribution is -0.383. The standard InChI is InChI=1S/C25H20F3N7O5S/c1-15-2-4-16(5-3-15)21-14-22(25(26,27)28)31-34(21)17-6-8-18(9-7-17)41(38,39)30-13-12-29-19-10-11-20(35(36)37)24-23(19)32-40-33-24/h2-11,14,29-30H,12-13H2,1H3. The van der Waals surface area contributed by atoms with E-state index in [2.05, 4.69) is 30.1 Å². The average Bonchev–Trinajstić information content (AvgIpc) is 3.60. The first kappa shape index (κ1) is 27.7. The second-order valence-corrected chi connectivity index (χ2v) is 10.6. The number of aryl methyl sites for hydroxylation is 1. The number of hydrogen-bond acceptors (Lipinski definition) is 9. The minimum atomic E-state index is -4.67. The zero-order chi connectivity index (χ0) is 29.4. The summed E-state index contributed by atoms with van der Waals surface area (Å²) < 4.78 is 74.1. The molecular weight excluding hydrogens is 567 g/mol. The van der Waals surface area contributed by atoms with E-state index >= 15 is 0 Å². The Morgan fingerprint density at radius 1 is 0.976 bits per heavy atom. The highest BCUT2D eigenvalue weighted by Gasteiger charge is 2.35. The maximum absolute atomic E-state index is 13.5. The van der Waals surface area contributed by atoms with Crippen molar-refractivity contribution in [2.45, 2.75) is 18.0 Å². The van der Waals surface area contributed by atoms with Crippen LogP contribution in [0.4, 0.5) is 24.5 Å². The van der Waals surface area contributed by atoms with Crippen LogP contribution >= 0.6 is 0 Å². The molecule has 0 saturated heterocycles. The Labute approximate surface area is 229 Å². The molecule has 12 nitrogen and oxygen atoms in total. The van der Waals surface area contributed by atoms with Crippen molar-refractivity contribution in [3.05, 3.63) is 88.1 Å². The van der Waals surface area contributed by atoms with Crippen molar-refractivity contribution in [3.63, 3.8) is 0 Å². The van der Waals surface area contributed by atoms with E-state index < -0.39 is 26.8 Å². The number of hydrogen-bond donors (Lipinski definition) is 2. The van der Waals surface area contributed by atoms with Crippen LogP contribution in [-0.2, 0) is 16.2 Å². The molecule has 0 bridgehead atoms. The largest absolute Gasteiger partial charge is 0.435 e. The lowest BCUT2D eigenvalue weighted by Gasteiger charge is -2.11. The predicted octanol–water partition coefficient (Wildman–Crippen LogP) is 4.70. The van der Waals surface area contributed by atoms with Gasteiger partial charge in [0.25, 0.3) is 0 Å². The summed E-state index contributed by atoms with van der Waals surface area (Å²) in [7, 11) is -3.98. The molecule has 0 aliphatic heterocycles. The van der Waals surface area contributed by atoms with Gasteiger partial charge in [0.1, 0.15) is 0 Å². The van der Waals surface area contributed by atoms with Crippen molar-refractivity contribution >= 4 is 32.4 Å². The summed E-state index contributed by atoms with van der Waals surface area (Å²) in [6, 6.07) is 15.7. The third kappa shape index (κ3) is 5.73. The van der Waals surface area contributed by atoms with E-state index in [1.807, 2.05) is 6.92 Å². The molecule has 0 unspecified atom stereocenters. The average molecular weight is 588 g/mol. The van der Waals surface area contributed by atoms with Crippen LogP contribution in [-0.4, -0.2) is 46.5 Å². The van der Waals surface area contributed by atoms with Gasteiger partial charge in [0, 0.05) is 24.7 Å². The van der Waals surface area contributed by atoms with E-state index in [-0.39, 0.29) is 46.1 Å². The molecule has 2 N–H and O–H groups in total. The Kier molecular flexibility index (Phi) is 7.18. The molecule has 0 aliphatic rings. The molecule has 212 valence electrons. The van der Waals surface area contributed by atoms with Crippen LogP contribution in [0.2, 0.25) is 0 Å². The van der Waals surface area contributed by atoms with Gasteiger partial charge in [-0.25, -0.2) is 22.5 Å². The Morgan fingerprint density at radius 2 is 1.66 bits per heavy atom. The second kappa shape index (κ2) is 10.6. The van der Waals surface area contributed by atoms with Gasteiger partial charge in [-0.3, -0.25) is 10.1 Å². The Balaban J connectivity index is 1.30. The number of non-ortho nitro benzene ring substituents is 1. The topological polar surface area (TPSA) is 158 Å². The number of halogens is 3. The summed E-state index contributed by atoms with van der Waals surface area (Å²) in [6.45, 7) is 1.87. The Hall–Kier alpha value is -4.83. The molecular formula is C25H20F3N7O5S. The highest BCUT2D eigenvalue weighted by atomic mass is 32.2. The van der Waals surface area contributed by atoms with Crippen LogP contribution in [0.3, 0.4) is 0 Å². The van der Waals surface area contributed by atoms with Gasteiger partial charge in [-0.05, 0) is 53.6 Å². The van der Waals surface area contributed by atoms with Crippen molar-refractivity contribution in [2.75, 3.05) is 18.4 Å². The van der Waals surface area contributed by atoms with Crippen LogP contribution in [0.1, 0.15) is 11.3 Å². The molecule has 3 aromatic carbocycles. The first-order chi connectivity index (χ1) is 19.4. The third-order valence-electron chi connectivity index (χ3n) is 6.06. The van der Waals surface area contributed by atoms with Crippen molar-refractivity contribution in [1.82, 2.24) is 24.8 Å². The zero-order valence-electron chi connectivity index (χ0n) is 21.1. The number of fused-ring (bicyclic) bond motifs is 1. The molecule has 41 heavy (non-hydrogen) atoms. The summed E-state index contributed by atoms with van der Waals surface area (Å²) in [5.41, 5.74) is 0.940. The zero-order valence-corrected chi connectivity index (χ0v) is 21.9. The smallest absolute Gasteiger partial charge is 0.382 e. The molecule has 5 aromatic rings. The van der Waals surface area contributed by atoms with Gasteiger partial charge in [0.05, 0.1) is 26.9 Å². The lowest BCUT2D eigenvalue weighted by Crippen LogP contribution is -2.29. The number of alkyl halides is 3. The number of nitrogens with zero attached hydrogens (tertiary/aromatic N) is 5. The molecule has 2 heterocycles. The van der Waals surface area contributed by atoms with Crippen molar-refractivity contribution in [1.29, 1.82) is 0 Å². The van der Waals surface area contributed by atoms with E-state index in [1.54, 1.807) is 24.3 Å². The van der Waals surface area contributed by atoms with Gasteiger partial charge in [0.15, 0.2) is 11.2 Å². The number of nitrogens with one attached hydrogen (secondary N) is 2. The minimum Gasteiger partial charge on any atom is -0.382 e. The summed E-state index contributed by atoms with van der Waals surface area (Å²) in [6.07, 6.45) is -4.67. The molecule has 0 radical (unpaired) electrons. The SMILES string of the molecule is Cc1ccc(-c2cc(C(F)(F)F)nn2-c2ccc(S(=O)(=O)NCCNc3ccc([N+](=O)[O-])c4nonc34)cc2)cc1. The maximum Gasteiger partial charge on any atom is 0.435 e. The number of nitro benzene ring substituents is 1. The molecule has 0 amide bonds. The highest BCUT2D eigenvalue weighted by molar-refractivity contribution is 7.89. The fraction of sp³-hybridized carbons (Fsp3) is 0.160. The predicted molar refractivity (Wildman–Crippen MR) is 141 cm³/mol. The van der Waals surface area contributed by atoms with Crippen LogP contribution < -0.4 is 10.0 Å². The van der Waals surface area contributed by atoms with Crippen molar-refractivity contribution < 1.29 is 31.1 Å². The lowest BCUT2D eigenvalue weighted by atomic mass is 10.1. The molecule has 0 saturated carbocycles. The minimum absolute atomic E-state index is 0.0502. The fourth-order valence-electron chi connectivity index (χ4n) is 4.02. The van der Waals surface area contributed by atoms with Crippen LogP contribution in [0.25, 0.3) is 28.0 Å². The molecule has 0 spiro atoms. The van der Waals surface area contributed by atoms with Crippen LogP contribution in [0.15, 0.2) is 76.3 Å². The number of anilines is 1. The van der Waals surface area contributed by atoms with Gasteiger partial charge in [-0.15, -0.1) is 0 Å². The normalized spacial score (nSPS) is 12.1. The van der Waals surface area contributed by atoms with E-state index in [9.17, 15) is 31.7 Å². The van der Waals surface area contributed by atoms with Gasteiger partial charge < -0.3 is 5.32 Å². The highest BCUT2D eigenvalue weighted by Crippen LogP contribution is 2.33. The quantitative estimate of drug-likeness (QED) is 0.142. The molecule has 2 aromatic heterocycles. The van der Waals surface area contributed by atoms with E-state index in [4.69, 9.17) is 0 Å². The van der Waals surface area contributed by atoms with Gasteiger partial charge in [0.2, 0.25) is 15.5 Å². The summed E-state index contributed by atoms with van der Waals surface area (Å²) in [4.78, 5) is 10.4. The first-order valence-electron chi connectivity index (χ1n) is 11.9. The summed E-state index contributed by atoms with van der Waals surface area (Å²) >= 11 is 0. The maximum atomic E-state index is 13.5. The second-order valence-electron chi connectivity index (χ2n) is 8.86. The summed E-state index contributed by atoms with van der Waals surface area (Å²) in [5.74, 6) is 0. The molecule has 0 aliphatic carbocycles. The molecule has 16 heteroatoms. The monoisotopic (exact) mass is 587 g/mol. The third-order valence-corrected chi connectivity index (χ3v) is 7.54. The Morgan fingerprint density at radius 3 is 2.32 bits per heavy atom. The number of rotatable bonds is 9. The molecule has 5 rings (SSSR count). The molecule has 0 atom stereocenters. The van der Waals surface area contributed by atoms with E-state index in [1.165, 1.54) is 36.4 Å². The number of sulfonamides is 1. The Bertz CT molecular complexity index is 1830. The van der Waals surface area contributed by atoms with Crippen molar-refractivity contribution in [2.24, 2.45) is 0 Å². The van der Waals surface area contributed by atoms with Crippen LogP contribution in [0, 0.1) is 17.0 Å². The van der Waals surface area contributed by atoms with Gasteiger partial charge in [-0.1, -0.05) is 29.8 Å². The molecule has 0 fully saturated rings. The van der Waals surface area contributed by atoms with Crippen molar-refractivity contribution in [3.8, 4) is 16.9 Å². The van der Waals surface area contributed by atoms with Gasteiger partial charge in [-0.2, -0.15) is 18.3 Å². The number of benzene rings is 3. The fourth-order valence-corrected chi connectivity index (χ4v) is 5.05. The number of nitro groups is 1. The first-order valence-corrected chi connectivity index (χ1v) is 13.4. The van der Waals surface area contributed by atoms with E-state index in [0.29, 0.717) is 11.3 Å². The number of aromatic nitrogens is 4. The summed E-state index contributed by atoms with van der Waals surface area (Å²) in [5, 5.41) is 24.9. The van der Waals surface area contributed by atoms with Crippen LogP contribution in [0.5, 0.6) is 0 Å². The van der Waals surface area contributed by atoms with Gasteiger partial charge >= 0.3 is 11.9 Å².